The number of ether oxygens (including phenoxy) is 1. The van der Waals surface area contributed by atoms with Crippen molar-refractivity contribution >= 4 is 22.2 Å². The summed E-state index contributed by atoms with van der Waals surface area (Å²) in [7, 11) is 1.64. The van der Waals surface area contributed by atoms with Gasteiger partial charge in [0, 0.05) is 17.8 Å². The molecule has 25 heavy (non-hydrogen) atoms. The number of nitrogens with zero attached hydrogens (tertiary/aromatic N) is 1. The van der Waals surface area contributed by atoms with Crippen LogP contribution in [-0.2, 0) is 24.2 Å². The molecule has 6 heteroatoms. The van der Waals surface area contributed by atoms with Gasteiger partial charge in [0.15, 0.2) is 0 Å². The number of nitrogens with one attached hydrogen (secondary N) is 2. The van der Waals surface area contributed by atoms with E-state index >= 15 is 0 Å². The number of fused-ring (bicyclic) bond motifs is 1. The number of anilines is 1. The molecule has 0 aliphatic carbocycles. The van der Waals surface area contributed by atoms with Gasteiger partial charge in [-0.3, -0.25) is 4.79 Å². The van der Waals surface area contributed by atoms with Gasteiger partial charge in [-0.15, -0.1) is 11.3 Å². The van der Waals surface area contributed by atoms with E-state index in [9.17, 15) is 10.1 Å². The molecular weight excluding hydrogens is 334 g/mol. The average molecular weight is 355 g/mol. The molecule has 0 fully saturated rings. The van der Waals surface area contributed by atoms with E-state index in [4.69, 9.17) is 4.74 Å². The first kappa shape index (κ1) is 17.5. The van der Waals surface area contributed by atoms with E-state index in [1.807, 2.05) is 25.1 Å². The van der Waals surface area contributed by atoms with Crippen LogP contribution in [0.2, 0.25) is 0 Å². The van der Waals surface area contributed by atoms with E-state index in [2.05, 4.69) is 16.7 Å². The molecule has 1 aliphatic rings. The molecular formula is C19H21N3O2S. The third-order valence-electron chi connectivity index (χ3n) is 4.47. The largest absolute Gasteiger partial charge is 0.497 e. The molecule has 2 heterocycles. The predicted molar refractivity (Wildman–Crippen MR) is 99.1 cm³/mol. The number of methoxy groups -OCH3 is 1. The fraction of sp³-hybridized carbons (Fsp3) is 0.368. The molecule has 0 unspecified atom stereocenters. The Morgan fingerprint density at radius 1 is 1.48 bits per heavy atom. The van der Waals surface area contributed by atoms with Crippen LogP contribution in [0.25, 0.3) is 0 Å². The summed E-state index contributed by atoms with van der Waals surface area (Å²) in [6.45, 7) is 3.68. The molecule has 0 saturated carbocycles. The number of amides is 1. The standard InChI is InChI=1S/C19H21N3O2S/c1-12-3-5-14(24-2)9-13(12)4-6-18(23)22-19-16(10-20)15-7-8-21-11-17(15)25-19/h3,5,9,21H,4,6-8,11H2,1-2H3,(H,22,23). The number of aryl methyl sites for hydroxylation is 2. The van der Waals surface area contributed by atoms with E-state index < -0.39 is 0 Å². The highest BCUT2D eigenvalue weighted by atomic mass is 32.1. The lowest BCUT2D eigenvalue weighted by Gasteiger charge is -2.11. The second kappa shape index (κ2) is 7.68. The number of thiophene rings is 1. The first-order chi connectivity index (χ1) is 12.1. The van der Waals surface area contributed by atoms with Crippen molar-refractivity contribution < 1.29 is 9.53 Å². The monoisotopic (exact) mass is 355 g/mol. The minimum atomic E-state index is -0.0646. The molecule has 1 amide bonds. The summed E-state index contributed by atoms with van der Waals surface area (Å²) >= 11 is 1.51. The fourth-order valence-corrected chi connectivity index (χ4v) is 4.21. The number of hydrogen-bond donors (Lipinski definition) is 2. The first-order valence-corrected chi connectivity index (χ1v) is 9.12. The number of nitriles is 1. The van der Waals surface area contributed by atoms with Crippen LogP contribution in [0, 0.1) is 18.3 Å². The van der Waals surface area contributed by atoms with Crippen LogP contribution >= 0.6 is 11.3 Å². The number of rotatable bonds is 5. The highest BCUT2D eigenvalue weighted by molar-refractivity contribution is 7.16. The zero-order valence-corrected chi connectivity index (χ0v) is 15.3. The lowest BCUT2D eigenvalue weighted by molar-refractivity contribution is -0.116. The third kappa shape index (κ3) is 3.84. The summed E-state index contributed by atoms with van der Waals surface area (Å²) in [5.74, 6) is 0.733. The molecule has 0 radical (unpaired) electrons. The number of benzene rings is 1. The summed E-state index contributed by atoms with van der Waals surface area (Å²) < 4.78 is 5.25. The zero-order valence-electron chi connectivity index (χ0n) is 14.4. The van der Waals surface area contributed by atoms with Crippen LogP contribution in [0.15, 0.2) is 18.2 Å². The van der Waals surface area contributed by atoms with E-state index in [0.29, 0.717) is 23.4 Å². The molecule has 3 rings (SSSR count). The SMILES string of the molecule is COc1ccc(C)c(CCC(=O)Nc2sc3c(c2C#N)CCNC3)c1. The first-order valence-electron chi connectivity index (χ1n) is 8.31. The Morgan fingerprint density at radius 2 is 2.32 bits per heavy atom. The van der Waals surface area contributed by atoms with Crippen LogP contribution in [0.1, 0.15) is 33.6 Å². The Hall–Kier alpha value is -2.36. The molecule has 2 N–H and O–H groups in total. The second-order valence-electron chi connectivity index (χ2n) is 6.09. The van der Waals surface area contributed by atoms with Crippen molar-refractivity contribution in [3.05, 3.63) is 45.3 Å². The van der Waals surface area contributed by atoms with Gasteiger partial charge in [0.05, 0.1) is 12.7 Å². The van der Waals surface area contributed by atoms with Crippen LogP contribution in [-0.4, -0.2) is 19.6 Å². The van der Waals surface area contributed by atoms with Gasteiger partial charge in [-0.1, -0.05) is 6.07 Å². The van der Waals surface area contributed by atoms with Crippen LogP contribution in [0.5, 0.6) is 5.75 Å². The maximum Gasteiger partial charge on any atom is 0.225 e. The van der Waals surface area contributed by atoms with Crippen LogP contribution in [0.3, 0.4) is 0 Å². The van der Waals surface area contributed by atoms with E-state index in [-0.39, 0.29) is 5.91 Å². The lowest BCUT2D eigenvalue weighted by Crippen LogP contribution is -2.22. The van der Waals surface area contributed by atoms with Crippen molar-refractivity contribution in [3.8, 4) is 11.8 Å². The van der Waals surface area contributed by atoms with E-state index in [1.54, 1.807) is 7.11 Å². The Balaban J connectivity index is 1.68. The third-order valence-corrected chi connectivity index (χ3v) is 5.62. The predicted octanol–water partition coefficient (Wildman–Crippen LogP) is 3.15. The summed E-state index contributed by atoms with van der Waals surface area (Å²) in [5.41, 5.74) is 3.96. The Labute approximate surface area is 151 Å². The molecule has 5 nitrogen and oxygen atoms in total. The highest BCUT2D eigenvalue weighted by Gasteiger charge is 2.21. The Morgan fingerprint density at radius 3 is 3.08 bits per heavy atom. The summed E-state index contributed by atoms with van der Waals surface area (Å²) in [5, 5.41) is 16.4. The van der Waals surface area contributed by atoms with E-state index in [1.165, 1.54) is 11.3 Å². The fourth-order valence-electron chi connectivity index (χ4n) is 3.02. The maximum absolute atomic E-state index is 12.4. The van der Waals surface area contributed by atoms with Crippen molar-refractivity contribution in [2.75, 3.05) is 19.0 Å². The second-order valence-corrected chi connectivity index (χ2v) is 7.19. The van der Waals surface area contributed by atoms with Gasteiger partial charge in [-0.05, 0) is 55.1 Å². The molecule has 1 aromatic carbocycles. The van der Waals surface area contributed by atoms with Gasteiger partial charge in [-0.2, -0.15) is 5.26 Å². The van der Waals surface area contributed by atoms with Gasteiger partial charge in [-0.25, -0.2) is 0 Å². The van der Waals surface area contributed by atoms with Gasteiger partial charge >= 0.3 is 0 Å². The van der Waals surface area contributed by atoms with Gasteiger partial charge in [0.1, 0.15) is 16.8 Å². The molecule has 1 aromatic heterocycles. The Kier molecular flexibility index (Phi) is 5.37. The molecule has 1 aliphatic heterocycles. The van der Waals surface area contributed by atoms with Crippen molar-refractivity contribution in [1.82, 2.24) is 5.32 Å². The topological polar surface area (TPSA) is 74.1 Å². The van der Waals surface area contributed by atoms with Crippen molar-refractivity contribution in [2.45, 2.75) is 32.7 Å². The van der Waals surface area contributed by atoms with Crippen molar-refractivity contribution in [3.63, 3.8) is 0 Å². The van der Waals surface area contributed by atoms with Gasteiger partial charge < -0.3 is 15.4 Å². The molecule has 130 valence electrons. The van der Waals surface area contributed by atoms with Crippen LogP contribution in [0.4, 0.5) is 5.00 Å². The van der Waals surface area contributed by atoms with E-state index in [0.717, 1.165) is 46.8 Å². The summed E-state index contributed by atoms with van der Waals surface area (Å²) in [4.78, 5) is 13.5. The normalized spacial score (nSPS) is 13.0. The minimum Gasteiger partial charge on any atom is -0.497 e. The molecule has 0 spiro atoms. The highest BCUT2D eigenvalue weighted by Crippen LogP contribution is 2.34. The van der Waals surface area contributed by atoms with Gasteiger partial charge in [0.25, 0.3) is 0 Å². The average Bonchev–Trinajstić information content (AvgIpc) is 2.97. The molecule has 0 saturated heterocycles. The Bertz CT molecular complexity index is 836. The summed E-state index contributed by atoms with van der Waals surface area (Å²) in [6, 6.07) is 8.15. The quantitative estimate of drug-likeness (QED) is 0.864. The lowest BCUT2D eigenvalue weighted by atomic mass is 10.0. The summed E-state index contributed by atoms with van der Waals surface area (Å²) in [6.07, 6.45) is 1.86. The zero-order chi connectivity index (χ0) is 17.8. The maximum atomic E-state index is 12.4. The number of hydrogen-bond acceptors (Lipinski definition) is 5. The number of carbonyl (C=O) groups excluding carboxylic acids is 1. The minimum absolute atomic E-state index is 0.0646. The molecule has 0 bridgehead atoms. The molecule has 2 aromatic rings. The van der Waals surface area contributed by atoms with Gasteiger partial charge in [0.2, 0.25) is 5.91 Å². The number of carbonyl (C=O) groups is 1. The van der Waals surface area contributed by atoms with Crippen LogP contribution < -0.4 is 15.4 Å². The smallest absolute Gasteiger partial charge is 0.225 e. The van der Waals surface area contributed by atoms with Crippen molar-refractivity contribution in [1.29, 1.82) is 5.26 Å². The van der Waals surface area contributed by atoms with Crippen molar-refractivity contribution in [2.24, 2.45) is 0 Å². The molecule has 0 atom stereocenters.